The van der Waals surface area contributed by atoms with Crippen LogP contribution < -0.4 is 5.32 Å². The summed E-state index contributed by atoms with van der Waals surface area (Å²) in [5.41, 5.74) is 0.846. The van der Waals surface area contributed by atoms with E-state index in [0.29, 0.717) is 0 Å². The van der Waals surface area contributed by atoms with Gasteiger partial charge in [-0.05, 0) is 25.2 Å². The Morgan fingerprint density at radius 3 is 3.00 bits per heavy atom. The fourth-order valence-corrected chi connectivity index (χ4v) is 2.43. The number of nitrogens with one attached hydrogen (secondary N) is 1. The van der Waals surface area contributed by atoms with Crippen LogP contribution in [0.5, 0.6) is 0 Å². The fourth-order valence-electron chi connectivity index (χ4n) is 1.33. The summed E-state index contributed by atoms with van der Waals surface area (Å²) in [6, 6.07) is 4.64. The number of nitrogens with zero attached hydrogens (tertiary/aromatic N) is 1. The van der Waals surface area contributed by atoms with Gasteiger partial charge in [-0.1, -0.05) is 11.6 Å². The van der Waals surface area contributed by atoms with Crippen molar-refractivity contribution < 1.29 is 4.39 Å². The molecule has 2 rings (SSSR count). The van der Waals surface area contributed by atoms with Crippen LogP contribution in [0.25, 0.3) is 10.6 Å². The smallest absolute Gasteiger partial charge is 0.141 e. The zero-order chi connectivity index (χ0) is 11.5. The van der Waals surface area contributed by atoms with Crippen molar-refractivity contribution >= 4 is 22.9 Å². The van der Waals surface area contributed by atoms with Gasteiger partial charge >= 0.3 is 0 Å². The van der Waals surface area contributed by atoms with E-state index in [0.717, 1.165) is 22.0 Å². The molecule has 0 aliphatic carbocycles. The molecule has 84 valence electrons. The lowest BCUT2D eigenvalue weighted by molar-refractivity contribution is 0.628. The number of rotatable bonds is 3. The molecule has 1 N–H and O–H groups in total. The Balaban J connectivity index is 2.31. The summed E-state index contributed by atoms with van der Waals surface area (Å²) in [5, 5.41) is 4.04. The predicted octanol–water partition coefficient (Wildman–Crippen LogP) is 3.32. The number of hydrogen-bond donors (Lipinski definition) is 1. The minimum Gasteiger partial charge on any atom is -0.315 e. The Morgan fingerprint density at radius 1 is 1.50 bits per heavy atom. The highest BCUT2D eigenvalue weighted by Gasteiger charge is 2.07. The van der Waals surface area contributed by atoms with Crippen LogP contribution in [-0.2, 0) is 6.54 Å². The van der Waals surface area contributed by atoms with E-state index in [9.17, 15) is 4.39 Å². The average molecular weight is 257 g/mol. The molecule has 2 nitrogen and oxygen atoms in total. The molecule has 0 unspecified atom stereocenters. The Hall–Kier alpha value is -0.970. The summed E-state index contributed by atoms with van der Waals surface area (Å²) in [5.74, 6) is -0.405. The molecule has 5 heteroatoms. The van der Waals surface area contributed by atoms with Gasteiger partial charge in [0.2, 0.25) is 0 Å². The zero-order valence-corrected chi connectivity index (χ0v) is 10.2. The average Bonchev–Trinajstić information content (AvgIpc) is 2.71. The number of hydrogen-bond acceptors (Lipinski definition) is 3. The SMILES string of the molecule is CNCc1cnc(-c2ccc(F)c(Cl)c2)s1. The van der Waals surface area contributed by atoms with E-state index in [4.69, 9.17) is 11.6 Å². The summed E-state index contributed by atoms with van der Waals surface area (Å²) in [6.07, 6.45) is 1.81. The van der Waals surface area contributed by atoms with Crippen molar-refractivity contribution in [2.45, 2.75) is 6.54 Å². The highest BCUT2D eigenvalue weighted by atomic mass is 35.5. The van der Waals surface area contributed by atoms with Gasteiger partial charge in [0.25, 0.3) is 0 Å². The Labute approximate surface area is 102 Å². The van der Waals surface area contributed by atoms with Gasteiger partial charge in [-0.25, -0.2) is 9.37 Å². The lowest BCUT2D eigenvalue weighted by Crippen LogP contribution is -2.02. The number of halogens is 2. The molecule has 0 spiro atoms. The maximum Gasteiger partial charge on any atom is 0.141 e. The molecular weight excluding hydrogens is 247 g/mol. The molecule has 0 aliphatic heterocycles. The van der Waals surface area contributed by atoms with Crippen LogP contribution >= 0.6 is 22.9 Å². The maximum atomic E-state index is 13.0. The van der Waals surface area contributed by atoms with Crippen LogP contribution in [0.1, 0.15) is 4.88 Å². The van der Waals surface area contributed by atoms with Gasteiger partial charge in [0.15, 0.2) is 0 Å². The minimum atomic E-state index is -0.405. The second-order valence-corrected chi connectivity index (χ2v) is 4.81. The highest BCUT2D eigenvalue weighted by molar-refractivity contribution is 7.15. The standard InChI is InChI=1S/C11H10ClFN2S/c1-14-5-8-6-15-11(16-8)7-2-3-10(13)9(12)4-7/h2-4,6,14H,5H2,1H3. The largest absolute Gasteiger partial charge is 0.315 e. The Kier molecular flexibility index (Phi) is 3.53. The third-order valence-electron chi connectivity index (χ3n) is 2.07. The van der Waals surface area contributed by atoms with E-state index in [1.165, 1.54) is 6.07 Å². The predicted molar refractivity (Wildman–Crippen MR) is 65.3 cm³/mol. The third-order valence-corrected chi connectivity index (χ3v) is 3.41. The van der Waals surface area contributed by atoms with Gasteiger partial charge in [0, 0.05) is 23.2 Å². The minimum absolute atomic E-state index is 0.128. The summed E-state index contributed by atoms with van der Waals surface area (Å²) in [4.78, 5) is 5.41. The summed E-state index contributed by atoms with van der Waals surface area (Å²) < 4.78 is 13.0. The van der Waals surface area contributed by atoms with Crippen LogP contribution in [-0.4, -0.2) is 12.0 Å². The van der Waals surface area contributed by atoms with Crippen molar-refractivity contribution in [3.05, 3.63) is 40.1 Å². The van der Waals surface area contributed by atoms with Crippen molar-refractivity contribution in [3.63, 3.8) is 0 Å². The van der Waals surface area contributed by atoms with Crippen LogP contribution in [0.15, 0.2) is 24.4 Å². The van der Waals surface area contributed by atoms with Crippen molar-refractivity contribution in [1.29, 1.82) is 0 Å². The van der Waals surface area contributed by atoms with Gasteiger partial charge in [-0.3, -0.25) is 0 Å². The van der Waals surface area contributed by atoms with Gasteiger partial charge < -0.3 is 5.32 Å². The summed E-state index contributed by atoms with van der Waals surface area (Å²) in [7, 11) is 1.88. The highest BCUT2D eigenvalue weighted by Crippen LogP contribution is 2.28. The number of thiazole rings is 1. The topological polar surface area (TPSA) is 24.9 Å². The quantitative estimate of drug-likeness (QED) is 0.911. The zero-order valence-electron chi connectivity index (χ0n) is 8.63. The second-order valence-electron chi connectivity index (χ2n) is 3.29. The molecule has 0 atom stereocenters. The fraction of sp³-hybridized carbons (Fsp3) is 0.182. The first-order valence-corrected chi connectivity index (χ1v) is 5.95. The van der Waals surface area contributed by atoms with Crippen LogP contribution in [0.2, 0.25) is 5.02 Å². The maximum absolute atomic E-state index is 13.0. The summed E-state index contributed by atoms with van der Waals surface area (Å²) in [6.45, 7) is 0.784. The first-order valence-electron chi connectivity index (χ1n) is 4.75. The molecule has 1 aromatic heterocycles. The van der Waals surface area contributed by atoms with Gasteiger partial charge in [0.05, 0.1) is 5.02 Å². The summed E-state index contributed by atoms with van der Waals surface area (Å²) >= 11 is 7.29. The van der Waals surface area contributed by atoms with Crippen molar-refractivity contribution in [3.8, 4) is 10.6 Å². The Bertz CT molecular complexity index is 498. The number of benzene rings is 1. The van der Waals surface area contributed by atoms with Crippen LogP contribution in [0.3, 0.4) is 0 Å². The van der Waals surface area contributed by atoms with E-state index in [2.05, 4.69) is 10.3 Å². The van der Waals surface area contributed by atoms with E-state index in [1.807, 2.05) is 13.2 Å². The molecule has 0 radical (unpaired) electrons. The molecule has 0 fully saturated rings. The van der Waals surface area contributed by atoms with Crippen LogP contribution in [0.4, 0.5) is 4.39 Å². The van der Waals surface area contributed by atoms with Gasteiger partial charge in [-0.15, -0.1) is 11.3 Å². The van der Waals surface area contributed by atoms with Gasteiger partial charge in [-0.2, -0.15) is 0 Å². The van der Waals surface area contributed by atoms with E-state index in [1.54, 1.807) is 23.5 Å². The first kappa shape index (κ1) is 11.5. The van der Waals surface area contributed by atoms with Crippen molar-refractivity contribution in [2.24, 2.45) is 0 Å². The van der Waals surface area contributed by atoms with E-state index in [-0.39, 0.29) is 5.02 Å². The Morgan fingerprint density at radius 2 is 2.31 bits per heavy atom. The molecule has 1 heterocycles. The van der Waals surface area contributed by atoms with Crippen molar-refractivity contribution in [2.75, 3.05) is 7.05 Å². The van der Waals surface area contributed by atoms with Crippen molar-refractivity contribution in [1.82, 2.24) is 10.3 Å². The van der Waals surface area contributed by atoms with Crippen LogP contribution in [0, 0.1) is 5.82 Å². The van der Waals surface area contributed by atoms with E-state index >= 15 is 0 Å². The lowest BCUT2D eigenvalue weighted by Gasteiger charge is -1.98. The first-order chi connectivity index (χ1) is 7.70. The molecule has 1 aromatic carbocycles. The molecular formula is C11H10ClFN2S. The molecule has 2 aromatic rings. The molecule has 0 saturated heterocycles. The molecule has 0 bridgehead atoms. The monoisotopic (exact) mass is 256 g/mol. The normalized spacial score (nSPS) is 10.7. The lowest BCUT2D eigenvalue weighted by atomic mass is 10.2. The second kappa shape index (κ2) is 4.91. The molecule has 0 saturated carbocycles. The molecule has 16 heavy (non-hydrogen) atoms. The van der Waals surface area contributed by atoms with E-state index < -0.39 is 5.82 Å². The van der Waals surface area contributed by atoms with Gasteiger partial charge in [0.1, 0.15) is 10.8 Å². The third kappa shape index (κ3) is 2.40. The molecule has 0 aliphatic rings. The molecule has 0 amide bonds. The number of aromatic nitrogens is 1.